The highest BCUT2D eigenvalue weighted by Gasteiger charge is 2.19. The minimum atomic E-state index is -0.575. The topological polar surface area (TPSA) is 200 Å². The van der Waals surface area contributed by atoms with Crippen LogP contribution in [0, 0.1) is 33.3 Å². The molecule has 0 fully saturated rings. The Hall–Kier alpha value is -6.63. The molecule has 62 heavy (non-hydrogen) atoms. The van der Waals surface area contributed by atoms with Crippen LogP contribution < -0.4 is 19.1 Å². The van der Waals surface area contributed by atoms with Gasteiger partial charge in [0.25, 0.3) is 5.69 Å². The average Bonchev–Trinajstić information content (AvgIpc) is 3.29. The van der Waals surface area contributed by atoms with E-state index in [1.807, 2.05) is 11.0 Å². The lowest BCUT2D eigenvalue weighted by Gasteiger charge is -2.25. The molecule has 3 rings (SSSR count). The van der Waals surface area contributed by atoms with E-state index in [9.17, 15) is 25.0 Å². The van der Waals surface area contributed by atoms with Crippen LogP contribution in [-0.4, -0.2) is 63.5 Å². The second kappa shape index (κ2) is 27.3. The molecule has 0 aromatic heterocycles. The van der Waals surface area contributed by atoms with Gasteiger partial charge in [-0.05, 0) is 42.9 Å². The van der Waals surface area contributed by atoms with Crippen molar-refractivity contribution in [2.45, 2.75) is 79.1 Å². The van der Waals surface area contributed by atoms with Crippen molar-refractivity contribution < 1.29 is 38.2 Å². The molecule has 2 atom stereocenters. The van der Waals surface area contributed by atoms with Gasteiger partial charge < -0.3 is 28.6 Å². The fraction of sp³-hybridized carbons (Fsp3) is 0.457. The maximum atomic E-state index is 11.7. The highest BCUT2D eigenvalue weighted by molar-refractivity contribution is 5.81. The van der Waals surface area contributed by atoms with E-state index in [4.69, 9.17) is 23.7 Å². The molecule has 3 aromatic carbocycles. The first-order valence-corrected chi connectivity index (χ1v) is 21.0. The molecule has 16 nitrogen and oxygen atoms in total. The summed E-state index contributed by atoms with van der Waals surface area (Å²) in [5.41, 5.74) is 1.66. The Morgan fingerprint density at radius 2 is 1.26 bits per heavy atom. The first-order valence-electron chi connectivity index (χ1n) is 21.0. The number of benzene rings is 3. The van der Waals surface area contributed by atoms with E-state index in [1.165, 1.54) is 19.2 Å². The third-order valence-corrected chi connectivity index (χ3v) is 9.99. The van der Waals surface area contributed by atoms with Crippen molar-refractivity contribution in [2.24, 2.45) is 32.3 Å². The van der Waals surface area contributed by atoms with E-state index in [2.05, 4.69) is 61.3 Å². The molecule has 16 heteroatoms. The summed E-state index contributed by atoms with van der Waals surface area (Å²) < 4.78 is 29.1. The molecule has 0 heterocycles. The van der Waals surface area contributed by atoms with Crippen molar-refractivity contribution >= 4 is 46.1 Å². The maximum absolute atomic E-state index is 11.7. The molecule has 0 aliphatic rings. The molecule has 2 unspecified atom stereocenters. The molecule has 0 spiro atoms. The largest absolute Gasteiger partial charge is 0.494 e. The van der Waals surface area contributed by atoms with Crippen LogP contribution in [0.25, 0.3) is 0 Å². The summed E-state index contributed by atoms with van der Waals surface area (Å²) >= 11 is 0. The molecule has 0 aliphatic carbocycles. The molecular formula is C46H59N7O9. The van der Waals surface area contributed by atoms with E-state index in [1.54, 1.807) is 30.3 Å². The molecule has 0 bridgehead atoms. The Balaban J connectivity index is 2.14. The molecule has 0 saturated heterocycles. The van der Waals surface area contributed by atoms with Crippen LogP contribution in [0.2, 0.25) is 0 Å². The number of azo groups is 2. The first-order chi connectivity index (χ1) is 30.0. The van der Waals surface area contributed by atoms with Crippen molar-refractivity contribution in [1.82, 2.24) is 0 Å². The van der Waals surface area contributed by atoms with Gasteiger partial charge in [0.2, 0.25) is 0 Å². The number of ether oxygens (including phenoxy) is 5. The fourth-order valence-corrected chi connectivity index (χ4v) is 6.11. The minimum Gasteiger partial charge on any atom is -0.494 e. The SMILES string of the molecule is C=CC(=O)OCCN(CCOC(=O)C=C)c1ccc(/N=N/c2cc(OCC(CC)CCCC)c(/N=N/c3ccc([N+](=O)[O-])cc3C#N)cc2OCC(CC)CCCC)c(OC)c1. The zero-order valence-electron chi connectivity index (χ0n) is 36.5. The number of non-ortho nitro benzene ring substituents is 1. The van der Waals surface area contributed by atoms with Crippen LogP contribution in [0.15, 0.2) is 94.3 Å². The Labute approximate surface area is 364 Å². The molecule has 0 N–H and O–H groups in total. The van der Waals surface area contributed by atoms with Gasteiger partial charge >= 0.3 is 11.9 Å². The number of nitro benzene ring substituents is 1. The number of hydrogen-bond acceptors (Lipinski definition) is 15. The van der Waals surface area contributed by atoms with Crippen LogP contribution in [0.1, 0.15) is 84.6 Å². The van der Waals surface area contributed by atoms with Crippen LogP contribution in [0.5, 0.6) is 17.2 Å². The number of nitro groups is 1. The number of nitriles is 1. The molecule has 3 aromatic rings. The summed E-state index contributed by atoms with van der Waals surface area (Å²) in [5, 5.41) is 39.3. The zero-order valence-corrected chi connectivity index (χ0v) is 36.5. The third-order valence-electron chi connectivity index (χ3n) is 9.99. The smallest absolute Gasteiger partial charge is 0.330 e. The molecule has 0 radical (unpaired) electrons. The van der Waals surface area contributed by atoms with Gasteiger partial charge in [-0.1, -0.05) is 79.4 Å². The minimum absolute atomic E-state index is 0.00465. The summed E-state index contributed by atoms with van der Waals surface area (Å²) in [7, 11) is 1.51. The van der Waals surface area contributed by atoms with Crippen molar-refractivity contribution in [3.63, 3.8) is 0 Å². The lowest BCUT2D eigenvalue weighted by atomic mass is 10.0. The number of esters is 2. The number of anilines is 1. The molecule has 0 saturated carbocycles. The number of unbranched alkanes of at least 4 members (excludes halogenated alkanes) is 2. The van der Waals surface area contributed by atoms with Gasteiger partial charge in [0.1, 0.15) is 59.3 Å². The lowest BCUT2D eigenvalue weighted by Crippen LogP contribution is -2.32. The van der Waals surface area contributed by atoms with Crippen molar-refractivity contribution in [1.29, 1.82) is 5.26 Å². The van der Waals surface area contributed by atoms with E-state index in [-0.39, 0.29) is 55.1 Å². The third kappa shape index (κ3) is 16.1. The zero-order chi connectivity index (χ0) is 45.3. The predicted octanol–water partition coefficient (Wildman–Crippen LogP) is 11.8. The normalized spacial score (nSPS) is 12.0. The Kier molecular flexibility index (Phi) is 21.9. The number of nitrogens with zero attached hydrogens (tertiary/aromatic N) is 7. The summed E-state index contributed by atoms with van der Waals surface area (Å²) in [6, 6.07) is 14.4. The number of carbonyl (C=O) groups excluding carboxylic acids is 2. The van der Waals surface area contributed by atoms with E-state index in [0.29, 0.717) is 53.2 Å². The van der Waals surface area contributed by atoms with Gasteiger partial charge in [0.15, 0.2) is 0 Å². The summed E-state index contributed by atoms with van der Waals surface area (Å²) in [4.78, 5) is 36.1. The number of rotatable bonds is 29. The summed E-state index contributed by atoms with van der Waals surface area (Å²) in [5.74, 6) is 0.544. The highest BCUT2D eigenvalue weighted by atomic mass is 16.6. The van der Waals surface area contributed by atoms with Gasteiger partial charge in [-0.15, -0.1) is 20.5 Å². The Morgan fingerprint density at radius 1 is 0.758 bits per heavy atom. The maximum Gasteiger partial charge on any atom is 0.330 e. The number of methoxy groups -OCH3 is 1. The molecule has 0 aliphatic heterocycles. The highest BCUT2D eigenvalue weighted by Crippen LogP contribution is 2.43. The van der Waals surface area contributed by atoms with Crippen LogP contribution in [0.4, 0.5) is 34.1 Å². The second-order valence-electron chi connectivity index (χ2n) is 14.3. The molecule has 0 amide bonds. The summed E-state index contributed by atoms with van der Waals surface area (Å²) in [6.07, 6.45) is 10.2. The fourth-order valence-electron chi connectivity index (χ4n) is 6.11. The van der Waals surface area contributed by atoms with E-state index < -0.39 is 16.9 Å². The molecule has 332 valence electrons. The average molecular weight is 854 g/mol. The summed E-state index contributed by atoms with van der Waals surface area (Å²) in [6.45, 7) is 16.9. The van der Waals surface area contributed by atoms with Crippen molar-refractivity contribution in [2.75, 3.05) is 51.5 Å². The van der Waals surface area contributed by atoms with Gasteiger partial charge in [-0.3, -0.25) is 10.1 Å². The second-order valence-corrected chi connectivity index (χ2v) is 14.3. The Bertz CT molecular complexity index is 2040. The Morgan fingerprint density at radius 3 is 1.71 bits per heavy atom. The lowest BCUT2D eigenvalue weighted by molar-refractivity contribution is -0.384. The van der Waals surface area contributed by atoms with Gasteiger partial charge in [-0.25, -0.2) is 9.59 Å². The number of hydrogen-bond donors (Lipinski definition) is 0. The molecular weight excluding hydrogens is 795 g/mol. The first kappa shape index (κ1) is 49.7. The monoisotopic (exact) mass is 853 g/mol. The quantitative estimate of drug-likeness (QED) is 0.0211. The van der Waals surface area contributed by atoms with E-state index in [0.717, 1.165) is 69.6 Å². The van der Waals surface area contributed by atoms with Crippen LogP contribution in [-0.2, 0) is 19.1 Å². The van der Waals surface area contributed by atoms with Crippen molar-refractivity contribution in [3.05, 3.63) is 89.5 Å². The van der Waals surface area contributed by atoms with Gasteiger partial charge in [0, 0.05) is 48.2 Å². The van der Waals surface area contributed by atoms with Gasteiger partial charge in [0.05, 0.1) is 43.9 Å². The predicted molar refractivity (Wildman–Crippen MR) is 238 cm³/mol. The van der Waals surface area contributed by atoms with Gasteiger partial charge in [-0.2, -0.15) is 5.26 Å². The standard InChI is InChI=1S/C46H59N7O9/c1-8-14-16-33(10-3)31-61-43-29-41(51-49-39-21-18-36(27-42(39)58-7)52(22-24-59-45(54)12-5)23-25-60-46(55)13-6)44(62-32-34(11-4)17-15-9-2)28-40(43)50-48-38-20-19-37(53(56)57)26-35(38)30-47/h12-13,18-21,26-29,33-34H,5-6,8-11,14-17,22-25,31-32H2,1-4,7H3/b50-48+,51-49+. The van der Waals surface area contributed by atoms with Crippen LogP contribution in [0.3, 0.4) is 0 Å². The van der Waals surface area contributed by atoms with Crippen molar-refractivity contribution in [3.8, 4) is 23.3 Å². The number of carbonyl (C=O) groups is 2. The van der Waals surface area contributed by atoms with E-state index >= 15 is 0 Å². The van der Waals surface area contributed by atoms with Crippen LogP contribution >= 0.6 is 0 Å².